The highest BCUT2D eigenvalue weighted by Gasteiger charge is 2.33. The SMILES string of the molecule is CC1CCC(C(=O)NC2CCCC2C(N)=NO)CC1. The van der Waals surface area contributed by atoms with E-state index in [2.05, 4.69) is 17.4 Å². The normalized spacial score (nSPS) is 36.2. The van der Waals surface area contributed by atoms with E-state index in [1.165, 1.54) is 0 Å². The lowest BCUT2D eigenvalue weighted by molar-refractivity contribution is -0.127. The molecule has 2 aliphatic carbocycles. The zero-order chi connectivity index (χ0) is 13.8. The summed E-state index contributed by atoms with van der Waals surface area (Å²) in [5, 5.41) is 15.0. The molecule has 0 saturated heterocycles. The summed E-state index contributed by atoms with van der Waals surface area (Å²) in [5.74, 6) is 1.32. The number of nitrogens with zero attached hydrogens (tertiary/aromatic N) is 1. The number of hydrogen-bond acceptors (Lipinski definition) is 3. The van der Waals surface area contributed by atoms with E-state index in [0.29, 0.717) is 0 Å². The molecular formula is C14H25N3O2. The molecule has 5 heteroatoms. The van der Waals surface area contributed by atoms with E-state index in [0.717, 1.165) is 50.9 Å². The van der Waals surface area contributed by atoms with Crippen molar-refractivity contribution in [2.45, 2.75) is 57.9 Å². The van der Waals surface area contributed by atoms with E-state index in [9.17, 15) is 4.79 Å². The molecule has 19 heavy (non-hydrogen) atoms. The van der Waals surface area contributed by atoms with Gasteiger partial charge < -0.3 is 16.3 Å². The van der Waals surface area contributed by atoms with Gasteiger partial charge in [0.05, 0.1) is 0 Å². The molecule has 2 unspecified atom stereocenters. The van der Waals surface area contributed by atoms with Crippen molar-refractivity contribution >= 4 is 11.7 Å². The molecule has 108 valence electrons. The molecule has 0 aromatic rings. The van der Waals surface area contributed by atoms with Crippen molar-refractivity contribution in [2.24, 2.45) is 28.6 Å². The summed E-state index contributed by atoms with van der Waals surface area (Å²) < 4.78 is 0. The minimum Gasteiger partial charge on any atom is -0.409 e. The van der Waals surface area contributed by atoms with Gasteiger partial charge in [-0.25, -0.2) is 0 Å². The van der Waals surface area contributed by atoms with Crippen LogP contribution in [0.5, 0.6) is 0 Å². The Morgan fingerprint density at radius 2 is 1.89 bits per heavy atom. The zero-order valence-corrected chi connectivity index (χ0v) is 11.6. The van der Waals surface area contributed by atoms with Crippen molar-refractivity contribution in [3.05, 3.63) is 0 Å². The summed E-state index contributed by atoms with van der Waals surface area (Å²) in [6.07, 6.45) is 7.12. The Labute approximate surface area is 114 Å². The Bertz CT molecular complexity index is 349. The number of nitrogens with one attached hydrogen (secondary N) is 1. The van der Waals surface area contributed by atoms with Crippen molar-refractivity contribution < 1.29 is 10.0 Å². The van der Waals surface area contributed by atoms with Crippen molar-refractivity contribution in [3.8, 4) is 0 Å². The highest BCUT2D eigenvalue weighted by Crippen LogP contribution is 2.30. The van der Waals surface area contributed by atoms with Crippen LogP contribution in [0.3, 0.4) is 0 Å². The monoisotopic (exact) mass is 267 g/mol. The van der Waals surface area contributed by atoms with Gasteiger partial charge in [-0.2, -0.15) is 0 Å². The second-order valence-corrected chi connectivity index (χ2v) is 6.13. The van der Waals surface area contributed by atoms with Gasteiger partial charge in [0, 0.05) is 17.9 Å². The van der Waals surface area contributed by atoms with Crippen molar-refractivity contribution in [3.63, 3.8) is 0 Å². The minimum absolute atomic E-state index is 0.00327. The second kappa shape index (κ2) is 6.26. The first-order valence-electron chi connectivity index (χ1n) is 7.39. The van der Waals surface area contributed by atoms with Crippen LogP contribution < -0.4 is 11.1 Å². The molecule has 0 aromatic carbocycles. The fourth-order valence-corrected chi connectivity index (χ4v) is 3.38. The Morgan fingerprint density at radius 1 is 1.21 bits per heavy atom. The van der Waals surface area contributed by atoms with Crippen LogP contribution in [0, 0.1) is 17.8 Å². The van der Waals surface area contributed by atoms with Gasteiger partial charge in [0.25, 0.3) is 0 Å². The Balaban J connectivity index is 1.88. The van der Waals surface area contributed by atoms with Crippen molar-refractivity contribution in [1.29, 1.82) is 0 Å². The van der Waals surface area contributed by atoms with Crippen LogP contribution in [0.25, 0.3) is 0 Å². The molecule has 0 radical (unpaired) electrons. The maximum absolute atomic E-state index is 12.3. The molecule has 2 rings (SSSR count). The second-order valence-electron chi connectivity index (χ2n) is 6.13. The van der Waals surface area contributed by atoms with Gasteiger partial charge in [0.1, 0.15) is 5.84 Å². The smallest absolute Gasteiger partial charge is 0.223 e. The molecule has 2 atom stereocenters. The zero-order valence-electron chi connectivity index (χ0n) is 11.6. The lowest BCUT2D eigenvalue weighted by atomic mass is 9.82. The van der Waals surface area contributed by atoms with Gasteiger partial charge in [-0.05, 0) is 44.4 Å². The number of hydrogen-bond donors (Lipinski definition) is 3. The molecule has 0 heterocycles. The first kappa shape index (κ1) is 14.2. The summed E-state index contributed by atoms with van der Waals surface area (Å²) >= 11 is 0. The summed E-state index contributed by atoms with van der Waals surface area (Å²) in [7, 11) is 0. The molecule has 0 bridgehead atoms. The summed E-state index contributed by atoms with van der Waals surface area (Å²) in [6, 6.07) is 0.0442. The highest BCUT2D eigenvalue weighted by atomic mass is 16.4. The predicted molar refractivity (Wildman–Crippen MR) is 73.8 cm³/mol. The molecule has 2 saturated carbocycles. The van der Waals surface area contributed by atoms with Crippen LogP contribution in [0.2, 0.25) is 0 Å². The third-order valence-corrected chi connectivity index (χ3v) is 4.73. The predicted octanol–water partition coefficient (Wildman–Crippen LogP) is 1.84. The molecule has 0 aromatic heterocycles. The summed E-state index contributed by atoms with van der Waals surface area (Å²) in [4.78, 5) is 12.3. The third-order valence-electron chi connectivity index (χ3n) is 4.73. The van der Waals surface area contributed by atoms with Crippen LogP contribution in [-0.2, 0) is 4.79 Å². The number of carbonyl (C=O) groups is 1. The molecule has 5 nitrogen and oxygen atoms in total. The average Bonchev–Trinajstić information content (AvgIpc) is 2.86. The average molecular weight is 267 g/mol. The Hall–Kier alpha value is -1.26. The maximum Gasteiger partial charge on any atom is 0.223 e. The number of oxime groups is 1. The molecule has 1 amide bonds. The summed E-state index contributed by atoms with van der Waals surface area (Å²) in [6.45, 7) is 2.25. The number of nitrogens with two attached hydrogens (primary N) is 1. The lowest BCUT2D eigenvalue weighted by Crippen LogP contribution is -2.45. The Kier molecular flexibility index (Phi) is 4.66. The van der Waals surface area contributed by atoms with Gasteiger partial charge in [0.2, 0.25) is 5.91 Å². The van der Waals surface area contributed by atoms with Crippen molar-refractivity contribution in [1.82, 2.24) is 5.32 Å². The van der Waals surface area contributed by atoms with Gasteiger partial charge in [-0.1, -0.05) is 18.5 Å². The number of carbonyl (C=O) groups excluding carboxylic acids is 1. The van der Waals surface area contributed by atoms with E-state index in [4.69, 9.17) is 10.9 Å². The molecule has 4 N–H and O–H groups in total. The van der Waals surface area contributed by atoms with Gasteiger partial charge >= 0.3 is 0 Å². The largest absolute Gasteiger partial charge is 0.409 e. The standard InChI is InChI=1S/C14H25N3O2/c1-9-5-7-10(8-6-9)14(18)16-12-4-2-3-11(12)13(15)17-19/h9-12,19H,2-8H2,1H3,(H2,15,17)(H,16,18). The van der Waals surface area contributed by atoms with E-state index in [1.54, 1.807) is 0 Å². The molecular weight excluding hydrogens is 242 g/mol. The van der Waals surface area contributed by atoms with Crippen LogP contribution in [0.1, 0.15) is 51.9 Å². The fourth-order valence-electron chi connectivity index (χ4n) is 3.38. The minimum atomic E-state index is -0.00327. The number of rotatable bonds is 3. The fraction of sp³-hybridized carbons (Fsp3) is 0.857. The number of amidine groups is 1. The quantitative estimate of drug-likeness (QED) is 0.315. The Morgan fingerprint density at radius 3 is 2.53 bits per heavy atom. The molecule has 2 fully saturated rings. The first-order chi connectivity index (χ1) is 9.11. The van der Waals surface area contributed by atoms with Crippen LogP contribution in [0.15, 0.2) is 5.16 Å². The van der Waals surface area contributed by atoms with E-state index in [-0.39, 0.29) is 29.6 Å². The first-order valence-corrected chi connectivity index (χ1v) is 7.39. The molecule has 0 spiro atoms. The van der Waals surface area contributed by atoms with Gasteiger partial charge in [-0.3, -0.25) is 4.79 Å². The van der Waals surface area contributed by atoms with Crippen molar-refractivity contribution in [2.75, 3.05) is 0 Å². The van der Waals surface area contributed by atoms with Gasteiger partial charge in [-0.15, -0.1) is 0 Å². The summed E-state index contributed by atoms with van der Waals surface area (Å²) in [5.41, 5.74) is 5.69. The van der Waals surface area contributed by atoms with E-state index >= 15 is 0 Å². The third kappa shape index (κ3) is 3.39. The van der Waals surface area contributed by atoms with Gasteiger partial charge in [0.15, 0.2) is 0 Å². The molecule has 2 aliphatic rings. The maximum atomic E-state index is 12.3. The lowest BCUT2D eigenvalue weighted by Gasteiger charge is -2.28. The topological polar surface area (TPSA) is 87.7 Å². The van der Waals surface area contributed by atoms with Crippen LogP contribution in [0.4, 0.5) is 0 Å². The van der Waals surface area contributed by atoms with E-state index in [1.807, 2.05) is 0 Å². The van der Waals surface area contributed by atoms with Crippen LogP contribution >= 0.6 is 0 Å². The molecule has 0 aliphatic heterocycles. The number of amides is 1. The van der Waals surface area contributed by atoms with E-state index < -0.39 is 0 Å². The highest BCUT2D eigenvalue weighted by molar-refractivity contribution is 5.85. The van der Waals surface area contributed by atoms with Crippen LogP contribution in [-0.4, -0.2) is 23.0 Å².